The average Bonchev–Trinajstić information content (AvgIpc) is 3.30. The number of hydrogen-bond donors (Lipinski definition) is 1. The van der Waals surface area contributed by atoms with Crippen molar-refractivity contribution in [2.24, 2.45) is 46.3 Å². The van der Waals surface area contributed by atoms with Crippen LogP contribution in [0.1, 0.15) is 97.0 Å². The summed E-state index contributed by atoms with van der Waals surface area (Å²) in [7, 11) is 0. The third kappa shape index (κ3) is 4.56. The maximum Gasteiger partial charge on any atom is 0.303 e. The fourth-order valence-corrected chi connectivity index (χ4v) is 10.6. The van der Waals surface area contributed by atoms with Crippen LogP contribution in [0.25, 0.3) is 11.1 Å². The molecule has 2 aromatic carbocycles. The number of fused-ring (bicyclic) bond motifs is 5. The quantitative estimate of drug-likeness (QED) is 0.404. The van der Waals surface area contributed by atoms with Crippen molar-refractivity contribution in [1.29, 1.82) is 0 Å². The average molecular weight is 531 g/mol. The fraction of sp³-hybridized carbons (Fsp3) is 0.639. The summed E-state index contributed by atoms with van der Waals surface area (Å²) < 4.78 is 16.7. The second kappa shape index (κ2) is 10.0. The lowest BCUT2D eigenvalue weighted by Gasteiger charge is -2.62. The van der Waals surface area contributed by atoms with Gasteiger partial charge in [-0.1, -0.05) is 75.4 Å². The van der Waals surface area contributed by atoms with Crippen LogP contribution in [0.2, 0.25) is 0 Å². The van der Waals surface area contributed by atoms with Crippen LogP contribution in [0.5, 0.6) is 0 Å². The van der Waals surface area contributed by atoms with Crippen molar-refractivity contribution in [3.8, 4) is 11.1 Å². The molecule has 4 saturated carbocycles. The zero-order valence-corrected chi connectivity index (χ0v) is 24.2. The molecule has 0 aromatic heterocycles. The highest BCUT2D eigenvalue weighted by Gasteiger charge is 2.62. The predicted molar refractivity (Wildman–Crippen MR) is 156 cm³/mol. The molecule has 0 amide bonds. The van der Waals surface area contributed by atoms with E-state index in [-0.39, 0.29) is 5.41 Å². The maximum atomic E-state index is 16.7. The Kier molecular flexibility index (Phi) is 6.96. The first kappa shape index (κ1) is 27.0. The molecule has 0 spiro atoms. The maximum absolute atomic E-state index is 16.7. The summed E-state index contributed by atoms with van der Waals surface area (Å²) in [5, 5.41) is 9.24. The monoisotopic (exact) mass is 530 g/mol. The Morgan fingerprint density at radius 3 is 2.28 bits per heavy atom. The molecule has 1 N–H and O–H groups in total. The molecular formula is C36H47FO2. The van der Waals surface area contributed by atoms with Crippen molar-refractivity contribution in [3.63, 3.8) is 0 Å². The summed E-state index contributed by atoms with van der Waals surface area (Å²) in [5.41, 5.74) is 2.59. The van der Waals surface area contributed by atoms with Gasteiger partial charge in [0.05, 0.1) is 0 Å². The standard InChI is InChI=1S/C36H47FO2/c1-24(9-18-33(38)39)30-16-17-31-29-15-14-28-23-36(37,22-21-34(28,2)32(29)19-20-35(30,31)3)27-12-10-26(11-13-27)25-7-5-4-6-8-25/h4-8,10-13,24,28-32H,9,14-23H2,1-3H3,(H,38,39)/t24-,28-,29+,30-,31+,32+,34+,35-,36+/m1/s1. The van der Waals surface area contributed by atoms with E-state index in [4.69, 9.17) is 0 Å². The van der Waals surface area contributed by atoms with Gasteiger partial charge in [-0.25, -0.2) is 4.39 Å². The number of rotatable bonds is 6. The van der Waals surface area contributed by atoms with Crippen molar-refractivity contribution in [1.82, 2.24) is 0 Å². The summed E-state index contributed by atoms with van der Waals surface area (Å²) in [5.74, 6) is 3.17. The van der Waals surface area contributed by atoms with Crippen LogP contribution < -0.4 is 0 Å². The highest BCUT2D eigenvalue weighted by molar-refractivity contribution is 5.66. The van der Waals surface area contributed by atoms with Gasteiger partial charge in [-0.05, 0) is 127 Å². The first-order valence-corrected chi connectivity index (χ1v) is 15.7. The van der Waals surface area contributed by atoms with E-state index in [2.05, 4.69) is 57.2 Å². The summed E-state index contributed by atoms with van der Waals surface area (Å²) in [4.78, 5) is 11.2. The molecule has 0 bridgehead atoms. The number of carboxylic acids is 1. The molecule has 0 saturated heterocycles. The van der Waals surface area contributed by atoms with Crippen molar-refractivity contribution in [2.45, 2.75) is 97.1 Å². The van der Waals surface area contributed by atoms with Crippen molar-refractivity contribution >= 4 is 5.97 Å². The van der Waals surface area contributed by atoms with E-state index in [1.807, 2.05) is 18.2 Å². The van der Waals surface area contributed by atoms with Gasteiger partial charge in [0.1, 0.15) is 5.67 Å². The van der Waals surface area contributed by atoms with Crippen LogP contribution in [-0.2, 0) is 10.5 Å². The summed E-state index contributed by atoms with van der Waals surface area (Å²) in [6, 6.07) is 18.7. The molecule has 4 aliphatic carbocycles. The van der Waals surface area contributed by atoms with E-state index in [0.29, 0.717) is 48.3 Å². The minimum Gasteiger partial charge on any atom is -0.481 e. The van der Waals surface area contributed by atoms with Crippen molar-refractivity contribution < 1.29 is 14.3 Å². The predicted octanol–water partition coefficient (Wildman–Crippen LogP) is 9.68. The number of carbonyl (C=O) groups is 1. The number of hydrogen-bond acceptors (Lipinski definition) is 1. The van der Waals surface area contributed by atoms with Gasteiger partial charge in [-0.15, -0.1) is 0 Å². The number of halogens is 1. The van der Waals surface area contributed by atoms with E-state index in [0.717, 1.165) is 42.2 Å². The molecule has 0 unspecified atom stereocenters. The van der Waals surface area contributed by atoms with E-state index in [9.17, 15) is 9.90 Å². The highest BCUT2D eigenvalue weighted by atomic mass is 19.1. The minimum atomic E-state index is -1.21. The van der Waals surface area contributed by atoms with Crippen molar-refractivity contribution in [3.05, 3.63) is 60.2 Å². The normalized spacial score (nSPS) is 40.3. The first-order chi connectivity index (χ1) is 18.6. The molecule has 39 heavy (non-hydrogen) atoms. The molecule has 4 aliphatic rings. The van der Waals surface area contributed by atoms with E-state index in [1.54, 1.807) is 0 Å². The zero-order valence-electron chi connectivity index (χ0n) is 24.2. The molecule has 0 heterocycles. The van der Waals surface area contributed by atoms with E-state index >= 15 is 4.39 Å². The van der Waals surface area contributed by atoms with Gasteiger partial charge in [-0.3, -0.25) is 4.79 Å². The molecule has 2 nitrogen and oxygen atoms in total. The summed E-state index contributed by atoms with van der Waals surface area (Å²) in [6.07, 6.45) is 10.9. The Labute approximate surface area is 234 Å². The van der Waals surface area contributed by atoms with Gasteiger partial charge in [0.25, 0.3) is 0 Å². The van der Waals surface area contributed by atoms with Gasteiger partial charge in [0, 0.05) is 6.42 Å². The number of benzene rings is 2. The summed E-state index contributed by atoms with van der Waals surface area (Å²) >= 11 is 0. The van der Waals surface area contributed by atoms with Gasteiger partial charge in [0.15, 0.2) is 0 Å². The van der Waals surface area contributed by atoms with Crippen LogP contribution in [-0.4, -0.2) is 11.1 Å². The molecule has 3 heteroatoms. The third-order valence-electron chi connectivity index (χ3n) is 12.8. The Hall–Kier alpha value is -2.16. The molecule has 210 valence electrons. The lowest BCUT2D eigenvalue weighted by molar-refractivity contribution is -0.140. The molecule has 6 rings (SSSR count). The number of aliphatic carboxylic acids is 1. The van der Waals surface area contributed by atoms with Gasteiger partial charge >= 0.3 is 5.97 Å². The van der Waals surface area contributed by atoms with E-state index < -0.39 is 11.6 Å². The zero-order chi connectivity index (χ0) is 27.4. The SMILES string of the molecule is C[C@H](CCC(=O)O)[C@H]1CC[C@H]2[C@@H]3CC[C@@H]4C[C@](F)(c5ccc(-c6ccccc6)cc5)CC[C@]4(C)[C@H]3CC[C@]12C. The number of carboxylic acid groups (broad SMARTS) is 1. The molecule has 2 aromatic rings. The number of alkyl halides is 1. The Morgan fingerprint density at radius 2 is 1.56 bits per heavy atom. The Morgan fingerprint density at radius 1 is 0.872 bits per heavy atom. The molecule has 0 radical (unpaired) electrons. The van der Waals surface area contributed by atoms with Crippen molar-refractivity contribution in [2.75, 3.05) is 0 Å². The summed E-state index contributed by atoms with van der Waals surface area (Å²) in [6.45, 7) is 7.38. The van der Waals surface area contributed by atoms with E-state index in [1.165, 1.54) is 37.7 Å². The second-order valence-corrected chi connectivity index (χ2v) is 14.4. The molecule has 0 aliphatic heterocycles. The lowest BCUT2D eigenvalue weighted by atomic mass is 9.43. The van der Waals surface area contributed by atoms with Crippen LogP contribution in [0.4, 0.5) is 4.39 Å². The first-order valence-electron chi connectivity index (χ1n) is 15.7. The highest BCUT2D eigenvalue weighted by Crippen LogP contribution is 2.69. The van der Waals surface area contributed by atoms with Crippen LogP contribution in [0.15, 0.2) is 54.6 Å². The molecular weight excluding hydrogens is 483 g/mol. The van der Waals surface area contributed by atoms with Crippen LogP contribution in [0.3, 0.4) is 0 Å². The topological polar surface area (TPSA) is 37.3 Å². The molecule has 4 fully saturated rings. The van der Waals surface area contributed by atoms with Crippen LogP contribution in [0, 0.1) is 46.3 Å². The lowest BCUT2D eigenvalue weighted by Crippen LogP contribution is -2.55. The third-order valence-corrected chi connectivity index (χ3v) is 12.8. The Bertz CT molecular complexity index is 1180. The molecule has 9 atom stereocenters. The Balaban J connectivity index is 1.16. The van der Waals surface area contributed by atoms with Gasteiger partial charge in [-0.2, -0.15) is 0 Å². The second-order valence-electron chi connectivity index (χ2n) is 14.4. The minimum absolute atomic E-state index is 0.247. The fourth-order valence-electron chi connectivity index (χ4n) is 10.6. The smallest absolute Gasteiger partial charge is 0.303 e. The van der Waals surface area contributed by atoms with Gasteiger partial charge < -0.3 is 5.11 Å². The van der Waals surface area contributed by atoms with Gasteiger partial charge in [0.2, 0.25) is 0 Å². The van der Waals surface area contributed by atoms with Crippen LogP contribution >= 0.6 is 0 Å². The largest absolute Gasteiger partial charge is 0.481 e.